The lowest BCUT2D eigenvalue weighted by molar-refractivity contribution is -0.137. The predicted octanol–water partition coefficient (Wildman–Crippen LogP) is 6.19. The summed E-state index contributed by atoms with van der Waals surface area (Å²) in [5, 5.41) is 17.9. The number of aromatic nitrogens is 3. The fourth-order valence-corrected chi connectivity index (χ4v) is 4.49. The van der Waals surface area contributed by atoms with E-state index in [1.54, 1.807) is 30.7 Å². The highest BCUT2D eigenvalue weighted by Crippen LogP contribution is 2.41. The fourth-order valence-electron chi connectivity index (χ4n) is 3.00. The molecule has 0 aliphatic heterocycles. The molecule has 0 fully saturated rings. The van der Waals surface area contributed by atoms with Crippen LogP contribution in [0.2, 0.25) is 0 Å². The molecule has 0 unspecified atom stereocenters. The van der Waals surface area contributed by atoms with Crippen molar-refractivity contribution in [2.75, 3.05) is 6.26 Å². The van der Waals surface area contributed by atoms with E-state index in [1.165, 1.54) is 17.8 Å². The first-order chi connectivity index (χ1) is 14.3. The third kappa shape index (κ3) is 3.92. The highest BCUT2D eigenvalue weighted by Gasteiger charge is 2.33. The second kappa shape index (κ2) is 7.77. The van der Waals surface area contributed by atoms with Crippen molar-refractivity contribution < 1.29 is 22.7 Å². The van der Waals surface area contributed by atoms with Crippen LogP contribution in [-0.4, -0.2) is 26.5 Å². The second-order valence-corrected chi connectivity index (χ2v) is 8.35. The molecular weight excluding hydrogens is 438 g/mol. The molecular formula is C20H13F4N3OS2. The molecule has 0 bridgehead atoms. The van der Waals surface area contributed by atoms with E-state index in [9.17, 15) is 22.7 Å². The lowest BCUT2D eigenvalue weighted by Crippen LogP contribution is -2.08. The van der Waals surface area contributed by atoms with Crippen LogP contribution >= 0.6 is 23.1 Å². The number of aromatic hydroxyl groups is 1. The van der Waals surface area contributed by atoms with Crippen molar-refractivity contribution in [3.8, 4) is 5.88 Å². The third-order valence-electron chi connectivity index (χ3n) is 4.38. The number of benzene rings is 2. The Labute approximate surface area is 176 Å². The van der Waals surface area contributed by atoms with Crippen molar-refractivity contribution in [3.63, 3.8) is 0 Å². The monoisotopic (exact) mass is 451 g/mol. The largest absolute Gasteiger partial charge is 0.492 e. The van der Waals surface area contributed by atoms with Crippen LogP contribution in [0.15, 0.2) is 46.9 Å². The summed E-state index contributed by atoms with van der Waals surface area (Å²) in [6.07, 6.45) is -0.0748. The summed E-state index contributed by atoms with van der Waals surface area (Å²) in [7, 11) is 0. The number of rotatable bonds is 4. The van der Waals surface area contributed by atoms with Gasteiger partial charge in [-0.2, -0.15) is 23.3 Å². The lowest BCUT2D eigenvalue weighted by atomic mass is 9.97. The van der Waals surface area contributed by atoms with Crippen LogP contribution in [0.3, 0.4) is 0 Å². The van der Waals surface area contributed by atoms with Gasteiger partial charge >= 0.3 is 6.18 Å². The van der Waals surface area contributed by atoms with Gasteiger partial charge in [0.1, 0.15) is 5.82 Å². The predicted molar refractivity (Wildman–Crippen MR) is 110 cm³/mol. The summed E-state index contributed by atoms with van der Waals surface area (Å²) in [4.78, 5) is 4.37. The first kappa shape index (κ1) is 20.4. The zero-order chi connectivity index (χ0) is 21.5. The van der Waals surface area contributed by atoms with Gasteiger partial charge in [-0.25, -0.2) is 4.39 Å². The van der Waals surface area contributed by atoms with Gasteiger partial charge in [-0.3, -0.25) is 5.10 Å². The Morgan fingerprint density at radius 2 is 2.00 bits per heavy atom. The summed E-state index contributed by atoms with van der Waals surface area (Å²) in [6.45, 7) is 0. The average Bonchev–Trinajstić information content (AvgIpc) is 3.32. The highest BCUT2D eigenvalue weighted by atomic mass is 32.2. The molecule has 4 aromatic rings. The summed E-state index contributed by atoms with van der Waals surface area (Å²) in [5.41, 5.74) is 0.343. The molecule has 0 saturated heterocycles. The summed E-state index contributed by atoms with van der Waals surface area (Å²) in [6, 6.07) is 7.71. The minimum atomic E-state index is -4.74. The minimum Gasteiger partial charge on any atom is -0.492 e. The van der Waals surface area contributed by atoms with Gasteiger partial charge in [0.15, 0.2) is 4.34 Å². The molecule has 10 heteroatoms. The number of halogens is 4. The Bertz CT molecular complexity index is 1260. The number of hydrogen-bond donors (Lipinski definition) is 2. The molecule has 0 aliphatic rings. The topological polar surface area (TPSA) is 61.8 Å². The summed E-state index contributed by atoms with van der Waals surface area (Å²) >= 11 is 2.47. The van der Waals surface area contributed by atoms with E-state index in [4.69, 9.17) is 0 Å². The zero-order valence-corrected chi connectivity index (χ0v) is 16.9. The molecule has 2 heterocycles. The van der Waals surface area contributed by atoms with Gasteiger partial charge in [0.2, 0.25) is 5.88 Å². The van der Waals surface area contributed by atoms with Gasteiger partial charge in [0, 0.05) is 11.0 Å². The third-order valence-corrected chi connectivity index (χ3v) is 6.44. The molecule has 0 aliphatic carbocycles. The molecule has 0 amide bonds. The maximum atomic E-state index is 13.5. The SMILES string of the molecule is CSc1nc(O)c(C(=Cc2ccc(F)cc2C(F)(F)F)c2ccc3[nH]ncc3c2)s1. The molecule has 0 saturated carbocycles. The van der Waals surface area contributed by atoms with E-state index >= 15 is 0 Å². The smallest absolute Gasteiger partial charge is 0.417 e. The number of thioether (sulfide) groups is 1. The van der Waals surface area contributed by atoms with Crippen LogP contribution < -0.4 is 0 Å². The van der Waals surface area contributed by atoms with Gasteiger partial charge in [0.05, 0.1) is 22.2 Å². The molecule has 0 radical (unpaired) electrons. The van der Waals surface area contributed by atoms with E-state index in [-0.39, 0.29) is 11.4 Å². The Hall–Kier alpha value is -2.85. The average molecular weight is 451 g/mol. The van der Waals surface area contributed by atoms with Gasteiger partial charge < -0.3 is 5.11 Å². The number of thiazole rings is 1. The Balaban J connectivity index is 1.97. The van der Waals surface area contributed by atoms with Crippen LogP contribution in [-0.2, 0) is 6.18 Å². The van der Waals surface area contributed by atoms with Crippen molar-refractivity contribution in [1.29, 1.82) is 0 Å². The molecule has 4 nitrogen and oxygen atoms in total. The van der Waals surface area contributed by atoms with Crippen LogP contribution in [0.4, 0.5) is 17.6 Å². The molecule has 0 atom stereocenters. The van der Waals surface area contributed by atoms with E-state index < -0.39 is 17.6 Å². The van der Waals surface area contributed by atoms with E-state index in [0.29, 0.717) is 26.4 Å². The van der Waals surface area contributed by atoms with Crippen LogP contribution in [0.25, 0.3) is 22.6 Å². The van der Waals surface area contributed by atoms with Crippen LogP contribution in [0, 0.1) is 5.82 Å². The van der Waals surface area contributed by atoms with Crippen molar-refractivity contribution >= 4 is 45.7 Å². The lowest BCUT2D eigenvalue weighted by Gasteiger charge is -2.13. The van der Waals surface area contributed by atoms with E-state index in [1.807, 2.05) is 0 Å². The molecule has 0 spiro atoms. The molecule has 30 heavy (non-hydrogen) atoms. The van der Waals surface area contributed by atoms with Gasteiger partial charge in [0.25, 0.3) is 0 Å². The molecule has 2 aromatic carbocycles. The number of fused-ring (bicyclic) bond motifs is 1. The highest BCUT2D eigenvalue weighted by molar-refractivity contribution is 8.00. The number of hydrogen-bond acceptors (Lipinski definition) is 5. The van der Waals surface area contributed by atoms with E-state index in [2.05, 4.69) is 15.2 Å². The number of aromatic amines is 1. The summed E-state index contributed by atoms with van der Waals surface area (Å²) < 4.78 is 54.6. The fraction of sp³-hybridized carbons (Fsp3) is 0.100. The van der Waals surface area contributed by atoms with Gasteiger partial charge in [-0.1, -0.05) is 23.9 Å². The number of nitrogens with zero attached hydrogens (tertiary/aromatic N) is 2. The maximum Gasteiger partial charge on any atom is 0.417 e. The normalized spacial score (nSPS) is 12.6. The molecule has 2 N–H and O–H groups in total. The summed E-state index contributed by atoms with van der Waals surface area (Å²) in [5.74, 6) is -1.26. The molecule has 2 aromatic heterocycles. The van der Waals surface area contributed by atoms with Crippen LogP contribution in [0.5, 0.6) is 5.88 Å². The standard InChI is InChI=1S/C20H13F4N3OS2/c1-29-19-26-18(28)17(30-19)14(10-3-5-16-12(6-10)9-25-27-16)7-11-2-4-13(21)8-15(11)20(22,23)24/h2-9,28H,1H3,(H,25,27). The number of H-pyrrole nitrogens is 1. The van der Waals surface area contributed by atoms with Gasteiger partial charge in [-0.15, -0.1) is 11.3 Å². The van der Waals surface area contributed by atoms with Crippen molar-refractivity contribution in [3.05, 3.63) is 70.0 Å². The first-order valence-corrected chi connectivity index (χ1v) is 10.6. The minimum absolute atomic E-state index is 0.218. The number of alkyl halides is 3. The quantitative estimate of drug-likeness (QED) is 0.221. The molecule has 4 rings (SSSR count). The molecule has 154 valence electrons. The second-order valence-electron chi connectivity index (χ2n) is 6.30. The van der Waals surface area contributed by atoms with Gasteiger partial charge in [-0.05, 0) is 47.7 Å². The van der Waals surface area contributed by atoms with Crippen molar-refractivity contribution in [1.82, 2.24) is 15.2 Å². The maximum absolute atomic E-state index is 13.5. The van der Waals surface area contributed by atoms with Crippen molar-refractivity contribution in [2.24, 2.45) is 0 Å². The Kier molecular flexibility index (Phi) is 5.29. The van der Waals surface area contributed by atoms with E-state index in [0.717, 1.165) is 34.4 Å². The first-order valence-electron chi connectivity index (χ1n) is 8.52. The number of nitrogens with one attached hydrogen (secondary N) is 1. The Morgan fingerprint density at radius 1 is 1.20 bits per heavy atom. The van der Waals surface area contributed by atoms with Crippen LogP contribution in [0.1, 0.15) is 21.6 Å². The zero-order valence-electron chi connectivity index (χ0n) is 15.3. The van der Waals surface area contributed by atoms with Crippen molar-refractivity contribution in [2.45, 2.75) is 10.5 Å². The Morgan fingerprint density at radius 3 is 2.70 bits per heavy atom.